The number of hydrogen-bond donors (Lipinski definition) is 1. The molecule has 1 saturated heterocycles. The highest BCUT2D eigenvalue weighted by Crippen LogP contribution is 2.29. The fourth-order valence-electron chi connectivity index (χ4n) is 3.49. The monoisotopic (exact) mass is 445 g/mol. The molecule has 166 valence electrons. The maximum Gasteiger partial charge on any atom is 0.453 e. The molecule has 1 amide bonds. The third kappa shape index (κ3) is 4.56. The lowest BCUT2D eigenvalue weighted by molar-refractivity contribution is -0.146. The van der Waals surface area contributed by atoms with Gasteiger partial charge in [0.1, 0.15) is 17.6 Å². The fraction of sp³-hybridized carbons (Fsp3) is 0.350. The summed E-state index contributed by atoms with van der Waals surface area (Å²) in [5.41, 5.74) is 0.625. The lowest BCUT2D eigenvalue weighted by Crippen LogP contribution is -2.38. The van der Waals surface area contributed by atoms with Gasteiger partial charge in [-0.3, -0.25) is 4.79 Å². The molecule has 1 fully saturated rings. The topological polar surface area (TPSA) is 108 Å². The first-order valence-electron chi connectivity index (χ1n) is 9.80. The Kier molecular flexibility index (Phi) is 5.81. The number of anilines is 2. The number of benzene rings is 1. The van der Waals surface area contributed by atoms with Gasteiger partial charge < -0.3 is 15.0 Å². The highest BCUT2D eigenvalue weighted by molar-refractivity contribution is 5.92. The predicted octanol–water partition coefficient (Wildman–Crippen LogP) is 2.90. The maximum atomic E-state index is 13.1. The number of piperidine rings is 1. The van der Waals surface area contributed by atoms with E-state index in [9.17, 15) is 18.0 Å². The minimum atomic E-state index is -4.66. The number of fused-ring (bicyclic) bond motifs is 1. The fourth-order valence-corrected chi connectivity index (χ4v) is 3.49. The van der Waals surface area contributed by atoms with Crippen LogP contribution in [0.5, 0.6) is 5.75 Å². The summed E-state index contributed by atoms with van der Waals surface area (Å²) in [5, 5.41) is 22.1. The van der Waals surface area contributed by atoms with Gasteiger partial charge in [-0.05, 0) is 49.2 Å². The summed E-state index contributed by atoms with van der Waals surface area (Å²) in [4.78, 5) is 14.4. The van der Waals surface area contributed by atoms with Gasteiger partial charge in [-0.2, -0.15) is 22.9 Å². The minimum Gasteiger partial charge on any atom is -0.479 e. The van der Waals surface area contributed by atoms with Crippen LogP contribution < -0.4 is 15.0 Å². The van der Waals surface area contributed by atoms with E-state index in [-0.39, 0.29) is 24.1 Å². The standard InChI is InChI=1S/C20H18F3N7O2/c21-20(22,23)19-27-26-16-5-6-17(28-30(16)19)29-10-7-13(8-11-29)18(31)25-14-1-3-15(4-2-14)32-12-9-24/h1-6,13H,7-8,10-12H2,(H,25,31). The number of alkyl halides is 3. The smallest absolute Gasteiger partial charge is 0.453 e. The third-order valence-corrected chi connectivity index (χ3v) is 5.12. The lowest BCUT2D eigenvalue weighted by atomic mass is 9.96. The van der Waals surface area contributed by atoms with E-state index in [4.69, 9.17) is 10.00 Å². The van der Waals surface area contributed by atoms with Crippen LogP contribution in [0.2, 0.25) is 0 Å². The quantitative estimate of drug-likeness (QED) is 0.643. The molecule has 0 saturated carbocycles. The Hall–Kier alpha value is -3.88. The molecule has 0 aliphatic carbocycles. The lowest BCUT2D eigenvalue weighted by Gasteiger charge is -2.32. The van der Waals surface area contributed by atoms with Gasteiger partial charge in [-0.1, -0.05) is 0 Å². The van der Waals surface area contributed by atoms with E-state index in [1.54, 1.807) is 30.3 Å². The van der Waals surface area contributed by atoms with Crippen LogP contribution in [-0.2, 0) is 11.0 Å². The molecule has 0 radical (unpaired) electrons. The number of amides is 1. The van der Waals surface area contributed by atoms with E-state index < -0.39 is 12.0 Å². The number of aromatic nitrogens is 4. The van der Waals surface area contributed by atoms with E-state index in [0.717, 1.165) is 0 Å². The van der Waals surface area contributed by atoms with Crippen molar-refractivity contribution in [2.45, 2.75) is 19.0 Å². The van der Waals surface area contributed by atoms with E-state index in [1.165, 1.54) is 6.07 Å². The Balaban J connectivity index is 1.36. The first-order chi connectivity index (χ1) is 15.3. The van der Waals surface area contributed by atoms with Crippen molar-refractivity contribution in [1.29, 1.82) is 5.26 Å². The first-order valence-corrected chi connectivity index (χ1v) is 9.80. The number of nitriles is 1. The Morgan fingerprint density at radius 3 is 2.53 bits per heavy atom. The highest BCUT2D eigenvalue weighted by atomic mass is 19.4. The van der Waals surface area contributed by atoms with Gasteiger partial charge in [0.25, 0.3) is 5.82 Å². The van der Waals surface area contributed by atoms with E-state index >= 15 is 0 Å². The molecule has 0 unspecified atom stereocenters. The maximum absolute atomic E-state index is 13.1. The summed E-state index contributed by atoms with van der Waals surface area (Å²) < 4.78 is 45.1. The zero-order valence-electron chi connectivity index (χ0n) is 16.7. The molecule has 1 N–H and O–H groups in total. The van der Waals surface area contributed by atoms with E-state index in [2.05, 4.69) is 20.6 Å². The van der Waals surface area contributed by atoms with Gasteiger partial charge in [-0.15, -0.1) is 15.3 Å². The van der Waals surface area contributed by atoms with Crippen LogP contribution in [0.4, 0.5) is 24.7 Å². The van der Waals surface area contributed by atoms with Crippen molar-refractivity contribution in [3.8, 4) is 11.8 Å². The number of hydrogen-bond acceptors (Lipinski definition) is 7. The Labute approximate surface area is 180 Å². The molecule has 1 aliphatic rings. The average molecular weight is 445 g/mol. The summed E-state index contributed by atoms with van der Waals surface area (Å²) >= 11 is 0. The Morgan fingerprint density at radius 2 is 1.88 bits per heavy atom. The number of halogens is 3. The summed E-state index contributed by atoms with van der Waals surface area (Å²) in [6.07, 6.45) is -3.59. The molecule has 2 aromatic heterocycles. The second kappa shape index (κ2) is 8.70. The Bertz CT molecular complexity index is 1150. The molecule has 12 heteroatoms. The van der Waals surface area contributed by atoms with Crippen LogP contribution in [0.1, 0.15) is 18.7 Å². The molecule has 0 bridgehead atoms. The molecule has 32 heavy (non-hydrogen) atoms. The van der Waals surface area contributed by atoms with Crippen LogP contribution in [0, 0.1) is 17.2 Å². The molecule has 4 rings (SSSR count). The number of carbonyl (C=O) groups is 1. The number of nitrogens with one attached hydrogen (secondary N) is 1. The molecule has 1 aromatic carbocycles. The molecular weight excluding hydrogens is 427 g/mol. The van der Waals surface area contributed by atoms with Crippen molar-refractivity contribution in [3.05, 3.63) is 42.2 Å². The first kappa shape index (κ1) is 21.4. The summed E-state index contributed by atoms with van der Waals surface area (Å²) in [7, 11) is 0. The number of nitrogens with zero attached hydrogens (tertiary/aromatic N) is 6. The van der Waals surface area contributed by atoms with Gasteiger partial charge in [0.15, 0.2) is 12.3 Å². The number of ether oxygens (including phenoxy) is 1. The molecule has 3 heterocycles. The zero-order chi connectivity index (χ0) is 22.7. The second-order valence-corrected chi connectivity index (χ2v) is 7.20. The highest BCUT2D eigenvalue weighted by Gasteiger charge is 2.38. The van der Waals surface area contributed by atoms with Gasteiger partial charge in [0.2, 0.25) is 5.91 Å². The van der Waals surface area contributed by atoms with Crippen LogP contribution in [-0.4, -0.2) is 45.4 Å². The van der Waals surface area contributed by atoms with Crippen molar-refractivity contribution in [1.82, 2.24) is 19.8 Å². The van der Waals surface area contributed by atoms with Crippen LogP contribution in [0.3, 0.4) is 0 Å². The van der Waals surface area contributed by atoms with E-state index in [1.807, 2.05) is 11.0 Å². The molecule has 9 nitrogen and oxygen atoms in total. The van der Waals surface area contributed by atoms with Crippen molar-refractivity contribution in [3.63, 3.8) is 0 Å². The van der Waals surface area contributed by atoms with Gasteiger partial charge in [0, 0.05) is 24.7 Å². The molecule has 1 aliphatic heterocycles. The van der Waals surface area contributed by atoms with Gasteiger partial charge in [-0.25, -0.2) is 0 Å². The average Bonchev–Trinajstić information content (AvgIpc) is 3.22. The molecular formula is C20H18F3N7O2. The van der Waals surface area contributed by atoms with Crippen LogP contribution in [0.15, 0.2) is 36.4 Å². The third-order valence-electron chi connectivity index (χ3n) is 5.12. The van der Waals surface area contributed by atoms with Gasteiger partial charge in [0.05, 0.1) is 0 Å². The molecule has 0 atom stereocenters. The second-order valence-electron chi connectivity index (χ2n) is 7.20. The largest absolute Gasteiger partial charge is 0.479 e. The Morgan fingerprint density at radius 1 is 1.16 bits per heavy atom. The van der Waals surface area contributed by atoms with E-state index in [0.29, 0.717) is 47.7 Å². The number of rotatable bonds is 5. The van der Waals surface area contributed by atoms with Crippen molar-refractivity contribution in [2.24, 2.45) is 5.92 Å². The molecule has 3 aromatic rings. The molecule has 0 spiro atoms. The minimum absolute atomic E-state index is 0.0133. The van der Waals surface area contributed by atoms with Crippen molar-refractivity contribution in [2.75, 3.05) is 29.9 Å². The summed E-state index contributed by atoms with van der Waals surface area (Å²) in [6.45, 7) is 0.892. The van der Waals surface area contributed by atoms with Gasteiger partial charge >= 0.3 is 6.18 Å². The zero-order valence-corrected chi connectivity index (χ0v) is 16.7. The predicted molar refractivity (Wildman–Crippen MR) is 107 cm³/mol. The SMILES string of the molecule is N#CCOc1ccc(NC(=O)C2CCN(c3ccc4nnc(C(F)(F)F)n4n3)CC2)cc1. The summed E-state index contributed by atoms with van der Waals surface area (Å²) in [5.74, 6) is -0.631. The number of carbonyl (C=O) groups excluding carboxylic acids is 1. The summed E-state index contributed by atoms with van der Waals surface area (Å²) in [6, 6.07) is 11.6. The van der Waals surface area contributed by atoms with Crippen LogP contribution >= 0.6 is 0 Å². The van der Waals surface area contributed by atoms with Crippen molar-refractivity contribution >= 4 is 23.1 Å². The normalized spacial score (nSPS) is 14.9. The van der Waals surface area contributed by atoms with Crippen LogP contribution in [0.25, 0.3) is 5.65 Å². The van der Waals surface area contributed by atoms with Crippen molar-refractivity contribution < 1.29 is 22.7 Å².